The highest BCUT2D eigenvalue weighted by Crippen LogP contribution is 2.50. The van der Waals surface area contributed by atoms with Gasteiger partial charge in [-0.05, 0) is 82.3 Å². The molecule has 12 nitrogen and oxygen atoms in total. The van der Waals surface area contributed by atoms with Crippen LogP contribution in [0.2, 0.25) is 15.1 Å². The first-order chi connectivity index (χ1) is 25.3. The minimum absolute atomic E-state index is 0.107. The molecule has 4 aliphatic heterocycles. The van der Waals surface area contributed by atoms with Crippen LogP contribution in [0.25, 0.3) is 0 Å². The Morgan fingerprint density at radius 2 is 1.20 bits per heavy atom. The summed E-state index contributed by atoms with van der Waals surface area (Å²) in [5, 5.41) is 0.991. The Morgan fingerprint density at radius 1 is 0.722 bits per heavy atom. The molecule has 3 aromatic rings. The molecule has 54 heavy (non-hydrogen) atoms. The van der Waals surface area contributed by atoms with Crippen LogP contribution in [-0.4, -0.2) is 77.0 Å². The molecule has 0 bridgehead atoms. The fraction of sp³-hybridized carbons (Fsp3) is 0.342. The summed E-state index contributed by atoms with van der Waals surface area (Å²) in [7, 11) is 1.34. The average Bonchev–Trinajstić information content (AvgIpc) is 3.67. The number of likely N-dealkylation sites (N-methyl/N-ethyl adjacent to an activating group) is 2. The molecule has 3 aromatic carbocycles. The van der Waals surface area contributed by atoms with Crippen molar-refractivity contribution < 1.29 is 42.7 Å². The molecule has 2 atom stereocenters. The molecule has 2 saturated heterocycles. The van der Waals surface area contributed by atoms with Gasteiger partial charge in [-0.1, -0.05) is 34.8 Å². The predicted molar refractivity (Wildman–Crippen MR) is 196 cm³/mol. The molecule has 0 aromatic heterocycles. The van der Waals surface area contributed by atoms with E-state index in [9.17, 15) is 38.0 Å². The second kappa shape index (κ2) is 13.8. The summed E-state index contributed by atoms with van der Waals surface area (Å²) >= 11 is 18.1. The molecular weight excluding hydrogens is 766 g/mol. The van der Waals surface area contributed by atoms with Crippen molar-refractivity contribution in [1.29, 1.82) is 0 Å². The van der Waals surface area contributed by atoms with Gasteiger partial charge in [-0.2, -0.15) is 0 Å². The normalized spacial score (nSPS) is 21.8. The number of rotatable bonds is 5. The molecule has 6 amide bonds. The third-order valence-electron chi connectivity index (χ3n) is 9.79. The number of hydrogen-bond donors (Lipinski definition) is 0. The molecule has 4 aliphatic rings. The number of nitrogens with zero attached hydrogens (tertiary/aromatic N) is 4. The highest BCUT2D eigenvalue weighted by Gasteiger charge is 2.64. The largest absolute Gasteiger partial charge is 0.459 e. The summed E-state index contributed by atoms with van der Waals surface area (Å²) in [6.07, 6.45) is -0.587. The van der Waals surface area contributed by atoms with E-state index in [2.05, 4.69) is 0 Å². The van der Waals surface area contributed by atoms with Crippen molar-refractivity contribution in [2.24, 2.45) is 0 Å². The molecule has 0 aliphatic carbocycles. The van der Waals surface area contributed by atoms with Crippen LogP contribution in [0.5, 0.6) is 0 Å². The lowest BCUT2D eigenvalue weighted by molar-refractivity contribution is -0.154. The molecule has 0 N–H and O–H groups in total. The van der Waals surface area contributed by atoms with Crippen molar-refractivity contribution in [2.75, 3.05) is 29.9 Å². The van der Waals surface area contributed by atoms with Gasteiger partial charge < -0.3 is 9.64 Å². The molecule has 0 radical (unpaired) electrons. The van der Waals surface area contributed by atoms with Crippen molar-refractivity contribution in [1.82, 2.24) is 9.80 Å². The molecule has 7 rings (SSSR count). The van der Waals surface area contributed by atoms with E-state index in [1.54, 1.807) is 58.0 Å². The zero-order valence-corrected chi connectivity index (χ0v) is 32.1. The number of carbonyl (C=O) groups excluding carboxylic acids is 7. The van der Waals surface area contributed by atoms with Crippen LogP contribution in [0.3, 0.4) is 0 Å². The van der Waals surface area contributed by atoms with Crippen LogP contribution in [0, 0.1) is 5.82 Å². The van der Waals surface area contributed by atoms with Gasteiger partial charge in [0.15, 0.2) is 10.8 Å². The van der Waals surface area contributed by atoms with E-state index >= 15 is 0 Å². The van der Waals surface area contributed by atoms with E-state index in [0.717, 1.165) is 9.80 Å². The summed E-state index contributed by atoms with van der Waals surface area (Å²) in [5.74, 6) is -4.52. The minimum Gasteiger partial charge on any atom is -0.459 e. The average molecular weight is 800 g/mol. The van der Waals surface area contributed by atoms with Crippen LogP contribution >= 0.6 is 34.8 Å². The fourth-order valence-corrected chi connectivity index (χ4v) is 7.91. The van der Waals surface area contributed by atoms with Crippen LogP contribution in [0.15, 0.2) is 54.6 Å². The molecule has 2 spiro atoms. The molecule has 4 heterocycles. The number of likely N-dealkylation sites (tertiary alicyclic amines) is 2. The van der Waals surface area contributed by atoms with Crippen molar-refractivity contribution in [2.45, 2.75) is 63.5 Å². The third-order valence-corrected chi connectivity index (χ3v) is 10.5. The smallest absolute Gasteiger partial charge is 0.326 e. The van der Waals surface area contributed by atoms with Crippen LogP contribution in [0.1, 0.15) is 57.2 Å². The van der Waals surface area contributed by atoms with Gasteiger partial charge in [-0.3, -0.25) is 48.3 Å². The standard InChI is InChI=1S/C20H15Cl2FN2O3.C18H19ClN2O5/c1-2-24-16-6-4-13(22)8-14(16)20(18(24)27)9-17(26)25(19(20)28)10-11-7-12(21)3-5-15(11)23;1-17(2,3)26-14(23)9-21-12-6-5-10(19)7-11(12)18(16(21)25)8-13(22)20(4)15(18)24/h3-8H,2,9-10H2,1H3;5-7H,8-9H2,1-4H3. The summed E-state index contributed by atoms with van der Waals surface area (Å²) in [4.78, 5) is 94.1. The topological polar surface area (TPSA) is 142 Å². The number of ether oxygens (including phenoxy) is 1. The van der Waals surface area contributed by atoms with Crippen molar-refractivity contribution in [3.05, 3.63) is 92.2 Å². The summed E-state index contributed by atoms with van der Waals surface area (Å²) in [5.41, 5.74) is -2.19. The number of benzene rings is 3. The highest BCUT2D eigenvalue weighted by atomic mass is 35.5. The summed E-state index contributed by atoms with van der Waals surface area (Å²) < 4.78 is 19.4. The van der Waals surface area contributed by atoms with Gasteiger partial charge in [0.1, 0.15) is 18.0 Å². The highest BCUT2D eigenvalue weighted by molar-refractivity contribution is 6.34. The summed E-state index contributed by atoms with van der Waals surface area (Å²) in [6.45, 7) is 6.66. The van der Waals surface area contributed by atoms with Crippen LogP contribution in [-0.2, 0) is 55.7 Å². The zero-order valence-electron chi connectivity index (χ0n) is 29.8. The van der Waals surface area contributed by atoms with E-state index in [1.165, 1.54) is 41.1 Å². The first-order valence-corrected chi connectivity index (χ1v) is 18.0. The lowest BCUT2D eigenvalue weighted by atomic mass is 9.80. The van der Waals surface area contributed by atoms with Crippen LogP contribution in [0.4, 0.5) is 15.8 Å². The second-order valence-corrected chi connectivity index (χ2v) is 15.6. The SMILES string of the molecule is CCN1C(=O)C2(CC(=O)N(Cc3cc(Cl)ccc3F)C2=O)c2cc(Cl)ccc21.CN1C(=O)CC2(C1=O)C(=O)N(CC(=O)OC(C)(C)C)c1ccc(Cl)cc12. The third kappa shape index (κ3) is 6.21. The van der Waals surface area contributed by atoms with E-state index in [-0.39, 0.29) is 36.5 Å². The number of fused-ring (bicyclic) bond motifs is 4. The number of amides is 6. The van der Waals surface area contributed by atoms with Gasteiger partial charge in [0, 0.05) is 56.7 Å². The number of esters is 1. The minimum atomic E-state index is -1.66. The maximum Gasteiger partial charge on any atom is 0.326 e. The maximum absolute atomic E-state index is 14.1. The molecule has 2 fully saturated rings. The Labute approximate surface area is 324 Å². The Kier molecular flexibility index (Phi) is 9.91. The van der Waals surface area contributed by atoms with Gasteiger partial charge in [-0.25, -0.2) is 4.39 Å². The lowest BCUT2D eigenvalue weighted by Crippen LogP contribution is -2.47. The Morgan fingerprint density at radius 3 is 1.74 bits per heavy atom. The zero-order chi connectivity index (χ0) is 39.7. The molecule has 16 heteroatoms. The molecule has 2 unspecified atom stereocenters. The Hall–Kier alpha value is -4.85. The second-order valence-electron chi connectivity index (χ2n) is 14.3. The number of carbonyl (C=O) groups is 7. The first-order valence-electron chi connectivity index (χ1n) is 16.8. The summed E-state index contributed by atoms with van der Waals surface area (Å²) in [6, 6.07) is 13.4. The van der Waals surface area contributed by atoms with Gasteiger partial charge in [0.25, 0.3) is 0 Å². The Balaban J connectivity index is 0.000000185. The van der Waals surface area contributed by atoms with Crippen molar-refractivity contribution >= 4 is 87.6 Å². The maximum atomic E-state index is 14.1. The van der Waals surface area contributed by atoms with E-state index in [0.29, 0.717) is 39.1 Å². The van der Waals surface area contributed by atoms with Gasteiger partial charge in [0.05, 0.1) is 19.4 Å². The van der Waals surface area contributed by atoms with Gasteiger partial charge in [0.2, 0.25) is 35.4 Å². The number of hydrogen-bond acceptors (Lipinski definition) is 8. The predicted octanol–water partition coefficient (Wildman–Crippen LogP) is 5.35. The number of anilines is 2. The quantitative estimate of drug-likeness (QED) is 0.191. The number of halogens is 4. The molecule has 0 saturated carbocycles. The van der Waals surface area contributed by atoms with Gasteiger partial charge >= 0.3 is 5.97 Å². The lowest BCUT2D eigenvalue weighted by Gasteiger charge is -2.24. The first kappa shape index (κ1) is 38.9. The van der Waals surface area contributed by atoms with E-state index in [4.69, 9.17) is 39.5 Å². The van der Waals surface area contributed by atoms with Crippen molar-refractivity contribution in [3.63, 3.8) is 0 Å². The Bertz CT molecular complexity index is 2190. The van der Waals surface area contributed by atoms with Crippen LogP contribution < -0.4 is 9.80 Å². The van der Waals surface area contributed by atoms with Gasteiger partial charge in [-0.15, -0.1) is 0 Å². The monoisotopic (exact) mass is 798 g/mol. The van der Waals surface area contributed by atoms with E-state index < -0.39 is 63.7 Å². The molecular formula is C38H34Cl3FN4O8. The number of imide groups is 2. The van der Waals surface area contributed by atoms with Crippen molar-refractivity contribution in [3.8, 4) is 0 Å². The fourth-order valence-electron chi connectivity index (χ4n) is 7.37. The molecule has 282 valence electrons. The van der Waals surface area contributed by atoms with E-state index in [1.807, 2.05) is 0 Å².